The Morgan fingerprint density at radius 3 is 2.49 bits per heavy atom. The van der Waals surface area contributed by atoms with Crippen molar-refractivity contribution in [2.75, 3.05) is 6.61 Å². The first-order chi connectivity index (χ1) is 17.1. The number of fused-ring (bicyclic) bond motifs is 1. The summed E-state index contributed by atoms with van der Waals surface area (Å²) in [5.41, 5.74) is 10.4. The second kappa shape index (κ2) is 10.3. The zero-order valence-electron chi connectivity index (χ0n) is 19.8. The fraction of sp³-hybridized carbons (Fsp3) is 0.310. The molecule has 6 heteroatoms. The van der Waals surface area contributed by atoms with Gasteiger partial charge in [0.2, 0.25) is 0 Å². The van der Waals surface area contributed by atoms with Crippen LogP contribution >= 0.6 is 0 Å². The van der Waals surface area contributed by atoms with Gasteiger partial charge in [-0.3, -0.25) is 0 Å². The number of imidazole rings is 1. The number of carbonyl (C=O) groups is 1. The number of benzene rings is 3. The number of hydrogen-bond acceptors (Lipinski definition) is 4. The predicted molar refractivity (Wildman–Crippen MR) is 138 cm³/mol. The zero-order chi connectivity index (χ0) is 24.2. The van der Waals surface area contributed by atoms with Gasteiger partial charge in [0.1, 0.15) is 18.2 Å². The van der Waals surface area contributed by atoms with E-state index in [0.29, 0.717) is 12.6 Å². The molecule has 35 heavy (non-hydrogen) atoms. The number of rotatable bonds is 8. The van der Waals surface area contributed by atoms with Gasteiger partial charge in [0, 0.05) is 17.6 Å². The van der Waals surface area contributed by atoms with Crippen LogP contribution < -0.4 is 10.5 Å². The van der Waals surface area contributed by atoms with Gasteiger partial charge in [-0.2, -0.15) is 0 Å². The SMILES string of the molecule is N[C@@H](COc1ccc(-c2nc3cc(C(=O)O)ccc3n2C2CCCCC2)cc1)Cc1ccccc1. The number of nitrogens with two attached hydrogens (primary N) is 1. The number of aromatic nitrogens is 2. The van der Waals surface area contributed by atoms with Crippen molar-refractivity contribution < 1.29 is 14.6 Å². The molecule has 6 nitrogen and oxygen atoms in total. The first kappa shape index (κ1) is 23.1. The fourth-order valence-corrected chi connectivity index (χ4v) is 5.02. The highest BCUT2D eigenvalue weighted by Crippen LogP contribution is 2.36. The maximum Gasteiger partial charge on any atom is 0.335 e. The summed E-state index contributed by atoms with van der Waals surface area (Å²) in [6.45, 7) is 0.437. The number of hydrogen-bond donors (Lipinski definition) is 2. The van der Waals surface area contributed by atoms with Crippen molar-refractivity contribution in [2.24, 2.45) is 5.73 Å². The highest BCUT2D eigenvalue weighted by molar-refractivity contribution is 5.93. The summed E-state index contributed by atoms with van der Waals surface area (Å²) in [6.07, 6.45) is 6.65. The molecule has 0 spiro atoms. The summed E-state index contributed by atoms with van der Waals surface area (Å²) in [5, 5.41) is 9.43. The molecule has 0 aliphatic heterocycles. The summed E-state index contributed by atoms with van der Waals surface area (Å²) in [5.74, 6) is 0.708. The molecule has 0 unspecified atom stereocenters. The van der Waals surface area contributed by atoms with Crippen molar-refractivity contribution in [3.63, 3.8) is 0 Å². The summed E-state index contributed by atoms with van der Waals surface area (Å²) in [7, 11) is 0. The Morgan fingerprint density at radius 2 is 1.77 bits per heavy atom. The van der Waals surface area contributed by atoms with E-state index in [4.69, 9.17) is 15.5 Å². The van der Waals surface area contributed by atoms with Crippen LogP contribution in [-0.4, -0.2) is 33.3 Å². The molecule has 3 aromatic carbocycles. The maximum atomic E-state index is 11.5. The number of carboxylic acid groups (broad SMARTS) is 1. The minimum atomic E-state index is -0.937. The molecule has 1 fully saturated rings. The molecule has 0 amide bonds. The fourth-order valence-electron chi connectivity index (χ4n) is 5.02. The molecule has 1 heterocycles. The van der Waals surface area contributed by atoms with Crippen LogP contribution in [0, 0.1) is 0 Å². The summed E-state index contributed by atoms with van der Waals surface area (Å²) >= 11 is 0. The Balaban J connectivity index is 1.37. The van der Waals surface area contributed by atoms with Crippen LogP contribution in [0.25, 0.3) is 22.4 Å². The van der Waals surface area contributed by atoms with Gasteiger partial charge in [-0.15, -0.1) is 0 Å². The van der Waals surface area contributed by atoms with E-state index in [1.807, 2.05) is 48.5 Å². The van der Waals surface area contributed by atoms with E-state index in [2.05, 4.69) is 16.7 Å². The lowest BCUT2D eigenvalue weighted by molar-refractivity contribution is 0.0697. The van der Waals surface area contributed by atoms with Crippen LogP contribution in [0.1, 0.15) is 54.1 Å². The van der Waals surface area contributed by atoms with Gasteiger partial charge in [0.15, 0.2) is 0 Å². The molecule has 3 N–H and O–H groups in total. The Morgan fingerprint density at radius 1 is 1.03 bits per heavy atom. The second-order valence-electron chi connectivity index (χ2n) is 9.39. The van der Waals surface area contributed by atoms with Crippen molar-refractivity contribution in [3.05, 3.63) is 83.9 Å². The maximum absolute atomic E-state index is 11.5. The number of nitrogens with zero attached hydrogens (tertiary/aromatic N) is 2. The minimum absolute atomic E-state index is 0.0870. The highest BCUT2D eigenvalue weighted by Gasteiger charge is 2.23. The number of aromatic carboxylic acids is 1. The van der Waals surface area contributed by atoms with E-state index in [1.165, 1.54) is 24.8 Å². The predicted octanol–water partition coefficient (Wildman–Crippen LogP) is 5.86. The Kier molecular flexibility index (Phi) is 6.82. The molecule has 1 aromatic heterocycles. The Bertz CT molecular complexity index is 1290. The first-order valence-electron chi connectivity index (χ1n) is 12.4. The number of carboxylic acids is 1. The van der Waals surface area contributed by atoms with Crippen LogP contribution in [0.5, 0.6) is 5.75 Å². The lowest BCUT2D eigenvalue weighted by Gasteiger charge is -2.25. The van der Waals surface area contributed by atoms with Crippen molar-refractivity contribution in [2.45, 2.75) is 50.6 Å². The highest BCUT2D eigenvalue weighted by atomic mass is 16.5. The van der Waals surface area contributed by atoms with Gasteiger partial charge in [-0.1, -0.05) is 49.6 Å². The third-order valence-electron chi connectivity index (χ3n) is 6.79. The Labute approximate surface area is 205 Å². The van der Waals surface area contributed by atoms with Gasteiger partial charge in [0.05, 0.1) is 16.6 Å². The number of ether oxygens (including phenoxy) is 1. The van der Waals surface area contributed by atoms with E-state index >= 15 is 0 Å². The molecule has 5 rings (SSSR count). The molecule has 4 aromatic rings. The minimum Gasteiger partial charge on any atom is -0.492 e. The van der Waals surface area contributed by atoms with Gasteiger partial charge < -0.3 is 20.1 Å². The van der Waals surface area contributed by atoms with Crippen molar-refractivity contribution in [3.8, 4) is 17.1 Å². The van der Waals surface area contributed by atoms with Crippen LogP contribution in [-0.2, 0) is 6.42 Å². The zero-order valence-corrected chi connectivity index (χ0v) is 19.8. The van der Waals surface area contributed by atoms with Crippen LogP contribution in [0.3, 0.4) is 0 Å². The van der Waals surface area contributed by atoms with Gasteiger partial charge in [-0.25, -0.2) is 9.78 Å². The normalized spacial score (nSPS) is 15.2. The average molecular weight is 470 g/mol. The topological polar surface area (TPSA) is 90.4 Å². The van der Waals surface area contributed by atoms with Crippen LogP contribution in [0.4, 0.5) is 0 Å². The van der Waals surface area contributed by atoms with E-state index in [1.54, 1.807) is 12.1 Å². The van der Waals surface area contributed by atoms with E-state index in [-0.39, 0.29) is 11.6 Å². The summed E-state index contributed by atoms with van der Waals surface area (Å²) < 4.78 is 8.27. The standard InChI is InChI=1S/C29H31N3O3/c30-23(17-20-7-3-1-4-8-20)19-35-25-14-11-21(12-15-25)28-31-26-18-22(29(33)34)13-16-27(26)32(28)24-9-5-2-6-10-24/h1,3-4,7-8,11-16,18,23-24H,2,5-6,9-10,17,19,30H2,(H,33,34)/t23-/m1/s1. The third-order valence-corrected chi connectivity index (χ3v) is 6.79. The molecule has 1 saturated carbocycles. The van der Waals surface area contributed by atoms with Gasteiger partial charge >= 0.3 is 5.97 Å². The molecule has 1 aliphatic carbocycles. The van der Waals surface area contributed by atoms with E-state index in [0.717, 1.165) is 47.4 Å². The lowest BCUT2D eigenvalue weighted by Crippen LogP contribution is -2.30. The van der Waals surface area contributed by atoms with Crippen molar-refractivity contribution in [1.82, 2.24) is 9.55 Å². The summed E-state index contributed by atoms with van der Waals surface area (Å²) in [6, 6.07) is 23.7. The smallest absolute Gasteiger partial charge is 0.335 e. The lowest BCUT2D eigenvalue weighted by atomic mass is 9.95. The van der Waals surface area contributed by atoms with Gasteiger partial charge in [0.25, 0.3) is 0 Å². The van der Waals surface area contributed by atoms with Crippen molar-refractivity contribution >= 4 is 17.0 Å². The largest absolute Gasteiger partial charge is 0.492 e. The summed E-state index contributed by atoms with van der Waals surface area (Å²) in [4.78, 5) is 16.4. The molecule has 0 bridgehead atoms. The molecule has 180 valence electrons. The quantitative estimate of drug-likeness (QED) is 0.338. The van der Waals surface area contributed by atoms with Gasteiger partial charge in [-0.05, 0) is 67.3 Å². The van der Waals surface area contributed by atoms with E-state index in [9.17, 15) is 9.90 Å². The molecule has 1 atom stereocenters. The Hall–Kier alpha value is -3.64. The average Bonchev–Trinajstić information content (AvgIpc) is 3.28. The molecule has 0 saturated heterocycles. The van der Waals surface area contributed by atoms with Crippen molar-refractivity contribution in [1.29, 1.82) is 0 Å². The second-order valence-corrected chi connectivity index (χ2v) is 9.39. The monoisotopic (exact) mass is 469 g/mol. The molecule has 1 aliphatic rings. The molecule has 0 radical (unpaired) electrons. The van der Waals surface area contributed by atoms with E-state index < -0.39 is 5.97 Å². The third kappa shape index (κ3) is 5.23. The molecular formula is C29H31N3O3. The van der Waals surface area contributed by atoms with Crippen LogP contribution in [0.2, 0.25) is 0 Å². The molecular weight excluding hydrogens is 438 g/mol. The first-order valence-corrected chi connectivity index (χ1v) is 12.4. The van der Waals surface area contributed by atoms with Crippen LogP contribution in [0.15, 0.2) is 72.8 Å².